The van der Waals surface area contributed by atoms with Crippen LogP contribution in [0.4, 0.5) is 0 Å². The van der Waals surface area contributed by atoms with Crippen molar-refractivity contribution in [1.29, 1.82) is 0 Å². The lowest BCUT2D eigenvalue weighted by Crippen LogP contribution is -2.21. The molecule has 0 saturated heterocycles. The van der Waals surface area contributed by atoms with Gasteiger partial charge in [-0.25, -0.2) is 15.0 Å². The third kappa shape index (κ3) is 3.57. The van der Waals surface area contributed by atoms with E-state index in [1.165, 1.54) is 0 Å². The minimum absolute atomic E-state index is 0.0945. The molecule has 0 aliphatic carbocycles. The summed E-state index contributed by atoms with van der Waals surface area (Å²) >= 11 is 0. The highest BCUT2D eigenvalue weighted by atomic mass is 16.5. The van der Waals surface area contributed by atoms with E-state index in [0.717, 1.165) is 23.0 Å². The second-order valence-corrected chi connectivity index (χ2v) is 7.45. The van der Waals surface area contributed by atoms with E-state index in [9.17, 15) is 4.79 Å². The van der Waals surface area contributed by atoms with Crippen molar-refractivity contribution >= 4 is 33.2 Å². The SMILES string of the molecule is CCOCCCn1cnc2c(c1=O)c1nc3ccccc3nc1n2Cc1ccccc1. The van der Waals surface area contributed by atoms with E-state index in [4.69, 9.17) is 14.7 Å². The highest BCUT2D eigenvalue weighted by Crippen LogP contribution is 2.25. The monoisotopic (exact) mass is 413 g/mol. The molecule has 0 aliphatic rings. The van der Waals surface area contributed by atoms with Gasteiger partial charge in [0, 0.05) is 19.8 Å². The van der Waals surface area contributed by atoms with Gasteiger partial charge in [-0.3, -0.25) is 9.36 Å². The number of ether oxygens (including phenoxy) is 1. The molecule has 0 amide bonds. The summed E-state index contributed by atoms with van der Waals surface area (Å²) in [6, 6.07) is 17.8. The van der Waals surface area contributed by atoms with E-state index >= 15 is 0 Å². The summed E-state index contributed by atoms with van der Waals surface area (Å²) in [6.45, 7) is 4.36. The first-order valence-corrected chi connectivity index (χ1v) is 10.5. The average molecular weight is 413 g/mol. The van der Waals surface area contributed by atoms with Crippen LogP contribution >= 0.6 is 0 Å². The number of nitrogens with zero attached hydrogens (tertiary/aromatic N) is 5. The van der Waals surface area contributed by atoms with Crippen LogP contribution in [0, 0.1) is 0 Å². The highest BCUT2D eigenvalue weighted by molar-refractivity contribution is 6.04. The molecule has 0 atom stereocenters. The van der Waals surface area contributed by atoms with Crippen LogP contribution in [0.3, 0.4) is 0 Å². The first-order chi connectivity index (χ1) is 15.3. The van der Waals surface area contributed by atoms with Crippen molar-refractivity contribution in [2.75, 3.05) is 13.2 Å². The Bertz CT molecular complexity index is 1420. The molecule has 7 nitrogen and oxygen atoms in total. The van der Waals surface area contributed by atoms with Crippen LogP contribution in [-0.2, 0) is 17.8 Å². The zero-order chi connectivity index (χ0) is 21.2. The maximum absolute atomic E-state index is 13.4. The number of hydrogen-bond acceptors (Lipinski definition) is 5. The van der Waals surface area contributed by atoms with Gasteiger partial charge in [0.05, 0.1) is 23.9 Å². The zero-order valence-corrected chi connectivity index (χ0v) is 17.4. The van der Waals surface area contributed by atoms with Gasteiger partial charge in [0.1, 0.15) is 10.9 Å². The molecule has 0 unspecified atom stereocenters. The van der Waals surface area contributed by atoms with Crippen LogP contribution in [0.15, 0.2) is 65.7 Å². The van der Waals surface area contributed by atoms with Gasteiger partial charge in [-0.1, -0.05) is 42.5 Å². The molecule has 0 spiro atoms. The molecule has 0 N–H and O–H groups in total. The molecule has 3 heterocycles. The standard InChI is InChI=1S/C24H23N5O2/c1-2-31-14-8-13-28-16-25-22-20(24(28)30)21-23(27-19-12-7-6-11-18(19)26-21)29(22)15-17-9-4-3-5-10-17/h3-7,9-12,16H,2,8,13-15H2,1H3. The van der Waals surface area contributed by atoms with E-state index in [2.05, 4.69) is 17.1 Å². The van der Waals surface area contributed by atoms with E-state index in [-0.39, 0.29) is 5.56 Å². The van der Waals surface area contributed by atoms with Crippen molar-refractivity contribution in [3.05, 3.63) is 76.8 Å². The van der Waals surface area contributed by atoms with Crippen molar-refractivity contribution < 1.29 is 4.74 Å². The predicted molar refractivity (Wildman–Crippen MR) is 121 cm³/mol. The molecular weight excluding hydrogens is 390 g/mol. The molecular formula is C24H23N5O2. The molecule has 0 saturated carbocycles. The maximum atomic E-state index is 13.4. The van der Waals surface area contributed by atoms with Crippen molar-refractivity contribution in [2.24, 2.45) is 0 Å². The summed E-state index contributed by atoms with van der Waals surface area (Å²) in [4.78, 5) is 27.8. The lowest BCUT2D eigenvalue weighted by atomic mass is 10.2. The Kier molecular flexibility index (Phi) is 5.18. The lowest BCUT2D eigenvalue weighted by molar-refractivity contribution is 0.141. The molecule has 0 fully saturated rings. The highest BCUT2D eigenvalue weighted by Gasteiger charge is 2.19. The Morgan fingerprint density at radius 1 is 0.935 bits per heavy atom. The van der Waals surface area contributed by atoms with E-state index in [0.29, 0.717) is 48.5 Å². The number of aryl methyl sites for hydroxylation is 1. The predicted octanol–water partition coefficient (Wildman–Crippen LogP) is 3.77. The Hall–Kier alpha value is -3.58. The van der Waals surface area contributed by atoms with Gasteiger partial charge < -0.3 is 9.30 Å². The number of benzene rings is 2. The third-order valence-electron chi connectivity index (χ3n) is 5.39. The number of aromatic nitrogens is 5. The number of rotatable bonds is 7. The summed E-state index contributed by atoms with van der Waals surface area (Å²) in [6.07, 6.45) is 2.37. The maximum Gasteiger partial charge on any atom is 0.265 e. The van der Waals surface area contributed by atoms with Crippen molar-refractivity contribution in [3.8, 4) is 0 Å². The van der Waals surface area contributed by atoms with Gasteiger partial charge in [0.15, 0.2) is 11.3 Å². The summed E-state index contributed by atoms with van der Waals surface area (Å²) in [7, 11) is 0. The number of para-hydroxylation sites is 2. The molecule has 0 radical (unpaired) electrons. The van der Waals surface area contributed by atoms with Gasteiger partial charge >= 0.3 is 0 Å². The van der Waals surface area contributed by atoms with E-state index < -0.39 is 0 Å². The minimum Gasteiger partial charge on any atom is -0.382 e. The van der Waals surface area contributed by atoms with Gasteiger partial charge in [-0.05, 0) is 31.0 Å². The average Bonchev–Trinajstić information content (AvgIpc) is 3.10. The normalized spacial score (nSPS) is 11.6. The van der Waals surface area contributed by atoms with E-state index in [1.807, 2.05) is 54.0 Å². The molecule has 5 rings (SSSR count). The van der Waals surface area contributed by atoms with Crippen molar-refractivity contribution in [2.45, 2.75) is 26.4 Å². The summed E-state index contributed by atoms with van der Waals surface area (Å²) in [5.41, 5.74) is 4.46. The quantitative estimate of drug-likeness (QED) is 0.380. The van der Waals surface area contributed by atoms with Crippen LogP contribution in [0.25, 0.3) is 33.2 Å². The molecule has 0 aliphatic heterocycles. The topological polar surface area (TPSA) is 74.8 Å². The number of fused-ring (bicyclic) bond motifs is 4. The Labute approximate surface area is 179 Å². The van der Waals surface area contributed by atoms with Crippen LogP contribution in [-0.4, -0.2) is 37.3 Å². The Morgan fingerprint density at radius 2 is 1.68 bits per heavy atom. The summed E-state index contributed by atoms with van der Waals surface area (Å²) in [5, 5.41) is 0.517. The van der Waals surface area contributed by atoms with Crippen LogP contribution in [0.2, 0.25) is 0 Å². The van der Waals surface area contributed by atoms with E-state index in [1.54, 1.807) is 10.9 Å². The van der Waals surface area contributed by atoms with Crippen molar-refractivity contribution in [1.82, 2.24) is 24.1 Å². The van der Waals surface area contributed by atoms with Gasteiger partial charge in [0.2, 0.25) is 0 Å². The molecule has 31 heavy (non-hydrogen) atoms. The zero-order valence-electron chi connectivity index (χ0n) is 17.4. The summed E-state index contributed by atoms with van der Waals surface area (Å²) < 4.78 is 9.04. The van der Waals surface area contributed by atoms with Crippen LogP contribution in [0.1, 0.15) is 18.9 Å². The van der Waals surface area contributed by atoms with Gasteiger partial charge in [0.25, 0.3) is 5.56 Å². The van der Waals surface area contributed by atoms with Gasteiger partial charge in [-0.2, -0.15) is 0 Å². The molecule has 3 aromatic heterocycles. The van der Waals surface area contributed by atoms with Crippen molar-refractivity contribution in [3.63, 3.8) is 0 Å². The largest absolute Gasteiger partial charge is 0.382 e. The number of hydrogen-bond donors (Lipinski definition) is 0. The van der Waals surface area contributed by atoms with Crippen LogP contribution in [0.5, 0.6) is 0 Å². The Morgan fingerprint density at radius 3 is 2.45 bits per heavy atom. The first-order valence-electron chi connectivity index (χ1n) is 10.5. The minimum atomic E-state index is -0.0945. The lowest BCUT2D eigenvalue weighted by Gasteiger charge is -2.08. The molecule has 2 aromatic carbocycles. The van der Waals surface area contributed by atoms with Gasteiger partial charge in [-0.15, -0.1) is 0 Å². The molecule has 5 aromatic rings. The second-order valence-electron chi connectivity index (χ2n) is 7.45. The fourth-order valence-electron chi connectivity index (χ4n) is 3.90. The molecule has 7 heteroatoms. The second kappa shape index (κ2) is 8.28. The summed E-state index contributed by atoms with van der Waals surface area (Å²) in [5.74, 6) is 0. The Balaban J connectivity index is 1.72. The smallest absolute Gasteiger partial charge is 0.265 e. The fraction of sp³-hybridized carbons (Fsp3) is 0.250. The molecule has 156 valence electrons. The third-order valence-corrected chi connectivity index (χ3v) is 5.39. The first kappa shape index (κ1) is 19.4. The van der Waals surface area contributed by atoms with Crippen LogP contribution < -0.4 is 5.56 Å². The molecule has 0 bridgehead atoms. The fourth-order valence-corrected chi connectivity index (χ4v) is 3.90.